The third-order valence-electron chi connectivity index (χ3n) is 3.96. The van der Waals surface area contributed by atoms with Gasteiger partial charge in [-0.25, -0.2) is 0 Å². The Hall–Kier alpha value is -3.39. The van der Waals surface area contributed by atoms with Gasteiger partial charge < -0.3 is 10.6 Å². The van der Waals surface area contributed by atoms with E-state index in [1.54, 1.807) is 24.3 Å². The Bertz CT molecular complexity index is 896. The molecule has 0 fully saturated rings. The summed E-state index contributed by atoms with van der Waals surface area (Å²) >= 11 is 0. The lowest BCUT2D eigenvalue weighted by molar-refractivity contribution is -0.112. The number of nitriles is 1. The van der Waals surface area contributed by atoms with Crippen LogP contribution in [0.5, 0.6) is 0 Å². The summed E-state index contributed by atoms with van der Waals surface area (Å²) in [5.41, 5.74) is 4.96. The third kappa shape index (κ3) is 4.58. The Morgan fingerprint density at radius 3 is 2.12 bits per heavy atom. The topological polar surface area (TPSA) is 82.0 Å². The largest absolute Gasteiger partial charge is 0.360 e. The van der Waals surface area contributed by atoms with Gasteiger partial charge in [-0.15, -0.1) is 0 Å². The van der Waals surface area contributed by atoms with Crippen molar-refractivity contribution in [1.82, 2.24) is 0 Å². The van der Waals surface area contributed by atoms with Crippen LogP contribution in [0.15, 0.2) is 48.2 Å². The molecule has 0 aliphatic rings. The fourth-order valence-corrected chi connectivity index (χ4v) is 2.66. The summed E-state index contributed by atoms with van der Waals surface area (Å²) in [7, 11) is 0. The number of carbonyl (C=O) groups is 2. The molecule has 0 saturated carbocycles. The zero-order chi connectivity index (χ0) is 19.3. The van der Waals surface area contributed by atoms with Crippen LogP contribution in [0, 0.1) is 32.1 Å². The predicted octanol–water partition coefficient (Wildman–Crippen LogP) is 4.27. The fraction of sp³-hybridized carbons (Fsp3) is 0.190. The number of carbonyl (C=O) groups excluding carboxylic acids is 2. The first-order valence-electron chi connectivity index (χ1n) is 8.19. The second-order valence-electron chi connectivity index (χ2n) is 6.18. The average molecular weight is 347 g/mol. The number of rotatable bonds is 5. The Morgan fingerprint density at radius 1 is 1.04 bits per heavy atom. The van der Waals surface area contributed by atoms with E-state index < -0.39 is 5.91 Å². The molecule has 0 bridgehead atoms. The normalized spacial score (nSPS) is 10.8. The van der Waals surface area contributed by atoms with Crippen molar-refractivity contribution in [3.05, 3.63) is 70.4 Å². The quantitative estimate of drug-likeness (QED) is 0.481. The number of benzene rings is 2. The number of anilines is 2. The third-order valence-corrected chi connectivity index (χ3v) is 3.96. The van der Waals surface area contributed by atoms with Crippen LogP contribution >= 0.6 is 0 Å². The standard InChI is InChI=1S/C21H21N3O2/c1-13-9-14(2)20(15(3)10-13)24-21(26)18(11-22)12-23-19-7-5-17(6-8-19)16(4)25/h5-10,12,23H,1-4H3,(H,24,26)/b18-12-. The minimum atomic E-state index is -0.476. The number of aryl methyl sites for hydroxylation is 3. The molecule has 0 saturated heterocycles. The molecular weight excluding hydrogens is 326 g/mol. The molecule has 0 heterocycles. The zero-order valence-corrected chi connectivity index (χ0v) is 15.3. The monoisotopic (exact) mass is 347 g/mol. The van der Waals surface area contributed by atoms with Crippen molar-refractivity contribution in [1.29, 1.82) is 5.26 Å². The van der Waals surface area contributed by atoms with Crippen molar-refractivity contribution in [2.24, 2.45) is 0 Å². The van der Waals surface area contributed by atoms with Crippen LogP contribution in [0.2, 0.25) is 0 Å². The molecule has 0 aliphatic heterocycles. The summed E-state index contributed by atoms with van der Waals surface area (Å²) in [5, 5.41) is 15.0. The van der Waals surface area contributed by atoms with E-state index in [0.717, 1.165) is 16.7 Å². The Balaban J connectivity index is 2.15. The van der Waals surface area contributed by atoms with E-state index >= 15 is 0 Å². The summed E-state index contributed by atoms with van der Waals surface area (Å²) < 4.78 is 0. The summed E-state index contributed by atoms with van der Waals surface area (Å²) in [6, 6.07) is 12.7. The number of ketones is 1. The minimum absolute atomic E-state index is 0.0204. The van der Waals surface area contributed by atoms with Gasteiger partial charge in [0.1, 0.15) is 11.6 Å². The molecule has 2 aromatic rings. The summed E-state index contributed by atoms with van der Waals surface area (Å²) in [6.07, 6.45) is 1.36. The van der Waals surface area contributed by atoms with Crippen LogP contribution in [-0.4, -0.2) is 11.7 Å². The van der Waals surface area contributed by atoms with Crippen LogP contribution < -0.4 is 10.6 Å². The number of nitrogens with one attached hydrogen (secondary N) is 2. The number of nitrogens with zero attached hydrogens (tertiary/aromatic N) is 1. The highest BCUT2D eigenvalue weighted by atomic mass is 16.1. The Labute approximate surface area is 153 Å². The van der Waals surface area contributed by atoms with Crippen LogP contribution in [0.3, 0.4) is 0 Å². The molecule has 5 heteroatoms. The highest BCUT2D eigenvalue weighted by Crippen LogP contribution is 2.22. The maximum Gasteiger partial charge on any atom is 0.267 e. The molecule has 26 heavy (non-hydrogen) atoms. The number of amides is 1. The average Bonchev–Trinajstić information content (AvgIpc) is 2.59. The Morgan fingerprint density at radius 2 is 1.62 bits per heavy atom. The van der Waals surface area contributed by atoms with Gasteiger partial charge in [0.25, 0.3) is 5.91 Å². The number of hydrogen-bond acceptors (Lipinski definition) is 4. The lowest BCUT2D eigenvalue weighted by Gasteiger charge is -2.12. The van der Waals surface area contributed by atoms with Crippen molar-refractivity contribution in [3.63, 3.8) is 0 Å². The molecule has 0 spiro atoms. The summed E-state index contributed by atoms with van der Waals surface area (Å²) in [5.74, 6) is -0.497. The van der Waals surface area contributed by atoms with Gasteiger partial charge in [0.2, 0.25) is 0 Å². The van der Waals surface area contributed by atoms with E-state index in [1.807, 2.05) is 39.0 Å². The van der Waals surface area contributed by atoms with E-state index in [1.165, 1.54) is 13.1 Å². The lowest BCUT2D eigenvalue weighted by Crippen LogP contribution is -2.16. The van der Waals surface area contributed by atoms with Gasteiger partial charge in [-0.3, -0.25) is 9.59 Å². The molecule has 5 nitrogen and oxygen atoms in total. The van der Waals surface area contributed by atoms with E-state index in [0.29, 0.717) is 16.9 Å². The maximum absolute atomic E-state index is 12.4. The van der Waals surface area contributed by atoms with Gasteiger partial charge in [-0.05, 0) is 63.1 Å². The van der Waals surface area contributed by atoms with E-state index in [9.17, 15) is 14.9 Å². The smallest absolute Gasteiger partial charge is 0.267 e. The van der Waals surface area contributed by atoms with Gasteiger partial charge in [-0.1, -0.05) is 17.7 Å². The first-order valence-corrected chi connectivity index (χ1v) is 8.19. The molecule has 0 atom stereocenters. The first kappa shape index (κ1) is 18.9. The van der Waals surface area contributed by atoms with Crippen molar-refractivity contribution in [3.8, 4) is 6.07 Å². The second-order valence-corrected chi connectivity index (χ2v) is 6.18. The zero-order valence-electron chi connectivity index (χ0n) is 15.3. The van der Waals surface area contributed by atoms with E-state index in [2.05, 4.69) is 10.6 Å². The molecular formula is C21H21N3O2. The molecule has 2 rings (SSSR count). The van der Waals surface area contributed by atoms with Crippen molar-refractivity contribution in [2.45, 2.75) is 27.7 Å². The van der Waals surface area contributed by atoms with Crippen molar-refractivity contribution < 1.29 is 9.59 Å². The Kier molecular flexibility index (Phi) is 5.92. The maximum atomic E-state index is 12.4. The van der Waals surface area contributed by atoms with Crippen molar-refractivity contribution >= 4 is 23.1 Å². The van der Waals surface area contributed by atoms with Gasteiger partial charge in [-0.2, -0.15) is 5.26 Å². The van der Waals surface area contributed by atoms with Gasteiger partial charge in [0.05, 0.1) is 0 Å². The lowest BCUT2D eigenvalue weighted by atomic mass is 10.0. The first-order chi connectivity index (χ1) is 12.3. The van der Waals surface area contributed by atoms with Crippen LogP contribution in [0.4, 0.5) is 11.4 Å². The molecule has 2 aromatic carbocycles. The summed E-state index contributed by atoms with van der Waals surface area (Å²) in [6.45, 7) is 7.32. The van der Waals surface area contributed by atoms with Crippen LogP contribution in [0.25, 0.3) is 0 Å². The molecule has 0 aliphatic carbocycles. The molecule has 0 unspecified atom stereocenters. The fourth-order valence-electron chi connectivity index (χ4n) is 2.66. The highest BCUT2D eigenvalue weighted by Gasteiger charge is 2.12. The van der Waals surface area contributed by atoms with Crippen molar-refractivity contribution in [2.75, 3.05) is 10.6 Å². The SMILES string of the molecule is CC(=O)c1ccc(N/C=C(/C#N)C(=O)Nc2c(C)cc(C)cc2C)cc1. The number of hydrogen-bond donors (Lipinski definition) is 2. The van der Waals surface area contributed by atoms with Gasteiger partial charge >= 0.3 is 0 Å². The number of Topliss-reactive ketones (excluding diaryl/α,β-unsaturated/α-hetero) is 1. The minimum Gasteiger partial charge on any atom is -0.360 e. The predicted molar refractivity (Wildman–Crippen MR) is 103 cm³/mol. The van der Waals surface area contributed by atoms with Gasteiger partial charge in [0.15, 0.2) is 5.78 Å². The molecule has 0 radical (unpaired) electrons. The van der Waals surface area contributed by atoms with Gasteiger partial charge in [0, 0.05) is 23.1 Å². The van der Waals surface area contributed by atoms with Crippen LogP contribution in [0.1, 0.15) is 34.0 Å². The van der Waals surface area contributed by atoms with Crippen LogP contribution in [-0.2, 0) is 4.79 Å². The highest BCUT2D eigenvalue weighted by molar-refractivity contribution is 6.07. The summed E-state index contributed by atoms with van der Waals surface area (Å²) in [4.78, 5) is 23.7. The molecule has 1 amide bonds. The second kappa shape index (κ2) is 8.13. The molecule has 0 aromatic heterocycles. The molecule has 132 valence electrons. The molecule has 2 N–H and O–H groups in total. The van der Waals surface area contributed by atoms with E-state index in [4.69, 9.17) is 0 Å². The van der Waals surface area contributed by atoms with E-state index in [-0.39, 0.29) is 11.4 Å².